The SMILES string of the molecule is CC(=O)Nc1ccc(NCc2nn3cc(-c4ccccc4)c4c3n2CCCC4)cc1. The van der Waals surface area contributed by atoms with E-state index in [4.69, 9.17) is 5.10 Å². The number of nitrogens with zero attached hydrogens (tertiary/aromatic N) is 3. The molecule has 0 atom stereocenters. The molecular formula is C24H25N5O. The van der Waals surface area contributed by atoms with Crippen LogP contribution >= 0.6 is 0 Å². The Hall–Kier alpha value is -3.54. The van der Waals surface area contributed by atoms with Gasteiger partial charge in [-0.1, -0.05) is 30.3 Å². The number of carbonyl (C=O) groups excluding carboxylic acids is 1. The van der Waals surface area contributed by atoms with Crippen LogP contribution in [0.1, 0.15) is 31.2 Å². The van der Waals surface area contributed by atoms with Crippen LogP contribution in [0.15, 0.2) is 60.8 Å². The van der Waals surface area contributed by atoms with Gasteiger partial charge in [-0.25, -0.2) is 4.52 Å². The largest absolute Gasteiger partial charge is 0.378 e. The Morgan fingerprint density at radius 1 is 1.03 bits per heavy atom. The Balaban J connectivity index is 1.42. The van der Waals surface area contributed by atoms with Gasteiger partial charge >= 0.3 is 0 Å². The van der Waals surface area contributed by atoms with Crippen LogP contribution in [0.2, 0.25) is 0 Å². The van der Waals surface area contributed by atoms with Crippen molar-refractivity contribution in [3.63, 3.8) is 0 Å². The lowest BCUT2D eigenvalue weighted by molar-refractivity contribution is -0.114. The zero-order chi connectivity index (χ0) is 20.5. The van der Waals surface area contributed by atoms with Crippen molar-refractivity contribution < 1.29 is 4.79 Å². The summed E-state index contributed by atoms with van der Waals surface area (Å²) in [5, 5.41) is 11.2. The van der Waals surface area contributed by atoms with Crippen molar-refractivity contribution in [2.24, 2.45) is 0 Å². The van der Waals surface area contributed by atoms with Crippen LogP contribution < -0.4 is 10.6 Å². The van der Waals surface area contributed by atoms with Crippen LogP contribution in [0.25, 0.3) is 16.8 Å². The van der Waals surface area contributed by atoms with Crippen molar-refractivity contribution in [1.82, 2.24) is 14.2 Å². The molecule has 2 N–H and O–H groups in total. The Kier molecular flexibility index (Phi) is 4.75. The first kappa shape index (κ1) is 18.5. The van der Waals surface area contributed by atoms with Gasteiger partial charge in [0.2, 0.25) is 5.91 Å². The molecule has 6 heteroatoms. The molecule has 0 aliphatic carbocycles. The highest BCUT2D eigenvalue weighted by Gasteiger charge is 2.22. The van der Waals surface area contributed by atoms with E-state index in [0.717, 1.165) is 36.6 Å². The fraction of sp³-hybridized carbons (Fsp3) is 0.250. The predicted molar refractivity (Wildman–Crippen MR) is 120 cm³/mol. The molecule has 2 aromatic carbocycles. The van der Waals surface area contributed by atoms with E-state index in [9.17, 15) is 4.79 Å². The maximum absolute atomic E-state index is 11.2. The number of aromatic nitrogens is 3. The van der Waals surface area contributed by atoms with E-state index in [-0.39, 0.29) is 5.91 Å². The quantitative estimate of drug-likeness (QED) is 0.511. The third-order valence-electron chi connectivity index (χ3n) is 5.65. The maximum atomic E-state index is 11.2. The van der Waals surface area contributed by atoms with Crippen molar-refractivity contribution in [1.29, 1.82) is 0 Å². The number of nitrogens with one attached hydrogen (secondary N) is 2. The van der Waals surface area contributed by atoms with Gasteiger partial charge in [-0.3, -0.25) is 4.79 Å². The summed E-state index contributed by atoms with van der Waals surface area (Å²) in [6, 6.07) is 18.3. The molecule has 30 heavy (non-hydrogen) atoms. The molecule has 0 fully saturated rings. The first-order chi connectivity index (χ1) is 14.7. The second-order valence-electron chi connectivity index (χ2n) is 7.79. The van der Waals surface area contributed by atoms with Crippen LogP contribution in [-0.4, -0.2) is 20.1 Å². The summed E-state index contributed by atoms with van der Waals surface area (Å²) < 4.78 is 4.42. The summed E-state index contributed by atoms with van der Waals surface area (Å²) >= 11 is 0. The average Bonchev–Trinajstić information content (AvgIpc) is 3.17. The molecule has 0 bridgehead atoms. The van der Waals surface area contributed by atoms with Gasteiger partial charge in [0.05, 0.1) is 6.54 Å². The van der Waals surface area contributed by atoms with E-state index in [1.807, 2.05) is 24.3 Å². The predicted octanol–water partition coefficient (Wildman–Crippen LogP) is 4.71. The number of carbonyl (C=O) groups is 1. The summed E-state index contributed by atoms with van der Waals surface area (Å²) in [5.41, 5.74) is 6.98. The smallest absolute Gasteiger partial charge is 0.221 e. The van der Waals surface area contributed by atoms with Crippen LogP contribution in [0.5, 0.6) is 0 Å². The first-order valence-corrected chi connectivity index (χ1v) is 10.5. The molecular weight excluding hydrogens is 374 g/mol. The summed E-state index contributed by atoms with van der Waals surface area (Å²) in [7, 11) is 0. The van der Waals surface area contributed by atoms with Crippen LogP contribution in [0.4, 0.5) is 11.4 Å². The third kappa shape index (κ3) is 3.45. The van der Waals surface area contributed by atoms with Crippen molar-refractivity contribution in [3.8, 4) is 11.1 Å². The zero-order valence-electron chi connectivity index (χ0n) is 17.1. The lowest BCUT2D eigenvalue weighted by Gasteiger charge is -2.09. The van der Waals surface area contributed by atoms with E-state index in [1.165, 1.54) is 35.7 Å². The van der Waals surface area contributed by atoms with Gasteiger partial charge < -0.3 is 15.2 Å². The van der Waals surface area contributed by atoms with Gasteiger partial charge in [-0.15, -0.1) is 0 Å². The number of rotatable bonds is 5. The molecule has 152 valence electrons. The standard InChI is InChI=1S/C24H25N5O/c1-17(30)26-20-12-10-19(11-13-20)25-15-23-27-29-16-22(18-7-3-2-4-8-18)21-9-5-6-14-28(23)24(21)29/h2-4,7-8,10-13,16,25H,5-6,9,14-15H2,1H3,(H,26,30). The van der Waals surface area contributed by atoms with E-state index in [2.05, 4.69) is 56.2 Å². The van der Waals surface area contributed by atoms with Gasteiger partial charge in [-0.05, 0) is 49.1 Å². The normalized spacial score (nSPS) is 13.2. The minimum atomic E-state index is -0.0650. The number of benzene rings is 2. The summed E-state index contributed by atoms with van der Waals surface area (Å²) in [6.07, 6.45) is 5.61. The molecule has 4 aromatic rings. The Morgan fingerprint density at radius 2 is 1.80 bits per heavy atom. The van der Waals surface area contributed by atoms with Crippen LogP contribution in [-0.2, 0) is 24.3 Å². The summed E-state index contributed by atoms with van der Waals surface area (Å²) in [4.78, 5) is 11.2. The van der Waals surface area contributed by atoms with E-state index < -0.39 is 0 Å². The zero-order valence-corrected chi connectivity index (χ0v) is 17.1. The number of hydrogen-bond acceptors (Lipinski definition) is 3. The lowest BCUT2D eigenvalue weighted by atomic mass is 10.0. The molecule has 1 amide bonds. The minimum absolute atomic E-state index is 0.0650. The van der Waals surface area contributed by atoms with Crippen LogP contribution in [0.3, 0.4) is 0 Å². The second kappa shape index (κ2) is 7.71. The molecule has 1 aliphatic heterocycles. The summed E-state index contributed by atoms with van der Waals surface area (Å²) in [6.45, 7) is 3.16. The van der Waals surface area contributed by atoms with Gasteiger partial charge in [0, 0.05) is 42.2 Å². The molecule has 3 heterocycles. The summed E-state index contributed by atoms with van der Waals surface area (Å²) in [5.74, 6) is 0.975. The van der Waals surface area contributed by atoms with Crippen molar-refractivity contribution >= 4 is 22.9 Å². The Morgan fingerprint density at radius 3 is 2.57 bits per heavy atom. The fourth-order valence-electron chi connectivity index (χ4n) is 4.29. The first-order valence-electron chi connectivity index (χ1n) is 10.5. The van der Waals surface area contributed by atoms with Gasteiger partial charge in [-0.2, -0.15) is 5.10 Å². The molecule has 0 saturated carbocycles. The molecule has 5 rings (SSSR count). The minimum Gasteiger partial charge on any atom is -0.378 e. The number of anilines is 2. The highest BCUT2D eigenvalue weighted by molar-refractivity contribution is 5.88. The number of hydrogen-bond donors (Lipinski definition) is 2. The average molecular weight is 399 g/mol. The van der Waals surface area contributed by atoms with Crippen LogP contribution in [0, 0.1) is 0 Å². The van der Waals surface area contributed by atoms with Crippen molar-refractivity contribution in [3.05, 3.63) is 72.2 Å². The molecule has 0 spiro atoms. The Labute approximate surface area is 175 Å². The van der Waals surface area contributed by atoms with Crippen molar-refractivity contribution in [2.75, 3.05) is 10.6 Å². The number of aryl methyl sites for hydroxylation is 2. The fourth-order valence-corrected chi connectivity index (χ4v) is 4.29. The van der Waals surface area contributed by atoms with E-state index in [0.29, 0.717) is 6.54 Å². The van der Waals surface area contributed by atoms with Gasteiger partial charge in [0.1, 0.15) is 5.65 Å². The maximum Gasteiger partial charge on any atom is 0.221 e. The molecule has 6 nitrogen and oxygen atoms in total. The molecule has 2 aromatic heterocycles. The second-order valence-corrected chi connectivity index (χ2v) is 7.79. The number of amides is 1. The van der Waals surface area contributed by atoms with E-state index in [1.54, 1.807) is 0 Å². The van der Waals surface area contributed by atoms with Gasteiger partial charge in [0.15, 0.2) is 5.82 Å². The van der Waals surface area contributed by atoms with Crippen molar-refractivity contribution in [2.45, 2.75) is 39.3 Å². The van der Waals surface area contributed by atoms with E-state index >= 15 is 0 Å². The lowest BCUT2D eigenvalue weighted by Crippen LogP contribution is -2.09. The molecule has 1 aliphatic rings. The third-order valence-corrected chi connectivity index (χ3v) is 5.65. The Bertz CT molecular complexity index is 1190. The van der Waals surface area contributed by atoms with Gasteiger partial charge in [0.25, 0.3) is 0 Å². The monoisotopic (exact) mass is 399 g/mol. The topological polar surface area (TPSA) is 63.4 Å². The highest BCUT2D eigenvalue weighted by atomic mass is 16.1. The molecule has 0 unspecified atom stereocenters. The molecule has 0 saturated heterocycles. The highest BCUT2D eigenvalue weighted by Crippen LogP contribution is 2.32. The molecule has 0 radical (unpaired) electrons.